The number of ketones is 1. The number of allylic oxidation sites excluding steroid dienone is 1. The van der Waals surface area contributed by atoms with Gasteiger partial charge >= 0.3 is 0 Å². The predicted octanol–water partition coefficient (Wildman–Crippen LogP) is 5.65. The number of halogens is 1. The zero-order valence-corrected chi connectivity index (χ0v) is 18.3. The van der Waals surface area contributed by atoms with E-state index in [1.807, 2.05) is 44.2 Å². The predicted molar refractivity (Wildman–Crippen MR) is 120 cm³/mol. The number of fused-ring (bicyclic) bond motifs is 1. The standard InChI is InChI=1S/C25H22FNO3S/c1-4-18-6-9-20(10-7-18)27-15-24(25(28)21-11-5-16(2)13-17(21)3)31(29,30)23-12-8-19(26)14-22(23)27/h5-15H,4H2,1-3H3. The van der Waals surface area contributed by atoms with Crippen LogP contribution in [0, 0.1) is 19.7 Å². The molecule has 0 unspecified atom stereocenters. The van der Waals surface area contributed by atoms with Crippen LogP contribution in [-0.4, -0.2) is 14.2 Å². The Morgan fingerprint density at radius 3 is 2.32 bits per heavy atom. The van der Waals surface area contributed by atoms with Gasteiger partial charge in [0.1, 0.15) is 10.7 Å². The summed E-state index contributed by atoms with van der Waals surface area (Å²) >= 11 is 0. The van der Waals surface area contributed by atoms with Crippen molar-refractivity contribution in [2.75, 3.05) is 4.90 Å². The highest BCUT2D eigenvalue weighted by Crippen LogP contribution is 2.41. The van der Waals surface area contributed by atoms with E-state index in [1.54, 1.807) is 24.0 Å². The zero-order chi connectivity index (χ0) is 22.3. The zero-order valence-electron chi connectivity index (χ0n) is 17.5. The van der Waals surface area contributed by atoms with Crippen LogP contribution in [0.1, 0.15) is 34.0 Å². The summed E-state index contributed by atoms with van der Waals surface area (Å²) in [5.74, 6) is -1.13. The second kappa shape index (κ2) is 7.78. The molecular formula is C25H22FNO3S. The number of aryl methyl sites for hydroxylation is 3. The highest BCUT2D eigenvalue weighted by molar-refractivity contribution is 7.96. The summed E-state index contributed by atoms with van der Waals surface area (Å²) in [7, 11) is -4.12. The van der Waals surface area contributed by atoms with Gasteiger partial charge in [0.05, 0.1) is 10.6 Å². The van der Waals surface area contributed by atoms with Crippen molar-refractivity contribution in [2.24, 2.45) is 0 Å². The van der Waals surface area contributed by atoms with E-state index in [4.69, 9.17) is 0 Å². The molecule has 0 bridgehead atoms. The van der Waals surface area contributed by atoms with Gasteiger partial charge in [-0.3, -0.25) is 4.79 Å². The second-order valence-electron chi connectivity index (χ2n) is 7.65. The van der Waals surface area contributed by atoms with Crippen molar-refractivity contribution in [2.45, 2.75) is 32.1 Å². The van der Waals surface area contributed by atoms with Gasteiger partial charge in [-0.1, -0.05) is 42.8 Å². The van der Waals surface area contributed by atoms with E-state index >= 15 is 0 Å². The van der Waals surface area contributed by atoms with Crippen molar-refractivity contribution in [3.63, 3.8) is 0 Å². The molecule has 1 heterocycles. The average Bonchev–Trinajstić information content (AvgIpc) is 2.73. The minimum absolute atomic E-state index is 0.0934. The normalized spacial score (nSPS) is 14.7. The third-order valence-electron chi connectivity index (χ3n) is 5.48. The second-order valence-corrected chi connectivity index (χ2v) is 9.53. The van der Waals surface area contributed by atoms with Crippen LogP contribution in [0.4, 0.5) is 15.8 Å². The molecule has 0 saturated carbocycles. The van der Waals surface area contributed by atoms with E-state index in [-0.39, 0.29) is 15.5 Å². The first-order valence-corrected chi connectivity index (χ1v) is 11.5. The molecule has 158 valence electrons. The SMILES string of the molecule is CCc1ccc(N2C=C(C(=O)c3ccc(C)cc3C)S(=O)(=O)c3ccc(F)cc32)cc1. The number of rotatable bonds is 4. The Kier molecular flexibility index (Phi) is 5.27. The summed E-state index contributed by atoms with van der Waals surface area (Å²) < 4.78 is 40.8. The third-order valence-corrected chi connectivity index (χ3v) is 7.27. The number of Topliss-reactive ketones (excluding diaryl/α,β-unsaturated/α-hetero) is 1. The molecule has 0 aliphatic carbocycles. The Balaban J connectivity index is 1.92. The van der Waals surface area contributed by atoms with Crippen LogP contribution in [0.5, 0.6) is 0 Å². The van der Waals surface area contributed by atoms with E-state index in [1.165, 1.54) is 18.3 Å². The first kappa shape index (κ1) is 21.0. The molecule has 0 atom stereocenters. The summed E-state index contributed by atoms with van der Waals surface area (Å²) in [6.45, 7) is 5.72. The molecule has 0 saturated heterocycles. The molecule has 6 heteroatoms. The van der Waals surface area contributed by atoms with Crippen molar-refractivity contribution in [1.82, 2.24) is 0 Å². The maximum atomic E-state index is 14.1. The molecule has 0 radical (unpaired) electrons. The van der Waals surface area contributed by atoms with Crippen molar-refractivity contribution in [3.05, 3.63) is 99.8 Å². The number of benzene rings is 3. The number of hydrogen-bond donors (Lipinski definition) is 0. The van der Waals surface area contributed by atoms with E-state index in [9.17, 15) is 17.6 Å². The lowest BCUT2D eigenvalue weighted by Crippen LogP contribution is -2.26. The molecule has 0 fully saturated rings. The number of anilines is 2. The molecule has 31 heavy (non-hydrogen) atoms. The highest BCUT2D eigenvalue weighted by atomic mass is 32.2. The minimum Gasteiger partial charge on any atom is -0.314 e. The van der Waals surface area contributed by atoms with Gasteiger partial charge in [0.15, 0.2) is 0 Å². The summed E-state index contributed by atoms with van der Waals surface area (Å²) in [6.07, 6.45) is 2.16. The Morgan fingerprint density at radius 1 is 0.968 bits per heavy atom. The molecule has 0 aromatic heterocycles. The molecule has 4 nitrogen and oxygen atoms in total. The first-order valence-electron chi connectivity index (χ1n) is 9.99. The van der Waals surface area contributed by atoms with Gasteiger partial charge in [-0.15, -0.1) is 0 Å². The number of carbonyl (C=O) groups is 1. The van der Waals surface area contributed by atoms with Gasteiger partial charge < -0.3 is 4.90 Å². The van der Waals surface area contributed by atoms with Gasteiger partial charge in [-0.25, -0.2) is 12.8 Å². The Morgan fingerprint density at radius 2 is 1.68 bits per heavy atom. The summed E-state index contributed by atoms with van der Waals surface area (Å²) in [5, 5.41) is 0. The Hall–Kier alpha value is -3.25. The monoisotopic (exact) mass is 435 g/mol. The number of hydrogen-bond acceptors (Lipinski definition) is 4. The summed E-state index contributed by atoms with van der Waals surface area (Å²) in [6, 6.07) is 16.3. The molecule has 1 aliphatic heterocycles. The van der Waals surface area contributed by atoms with Crippen molar-refractivity contribution >= 4 is 27.0 Å². The van der Waals surface area contributed by atoms with Crippen LogP contribution in [0.25, 0.3) is 0 Å². The average molecular weight is 436 g/mol. The minimum atomic E-state index is -4.12. The molecule has 3 aromatic carbocycles. The largest absolute Gasteiger partial charge is 0.314 e. The van der Waals surface area contributed by atoms with Gasteiger partial charge in [0.25, 0.3) is 0 Å². The molecule has 1 aliphatic rings. The smallest absolute Gasteiger partial charge is 0.214 e. The van der Waals surface area contributed by atoms with Crippen LogP contribution in [0.15, 0.2) is 76.7 Å². The lowest BCUT2D eigenvalue weighted by atomic mass is 10.0. The third kappa shape index (κ3) is 3.68. The summed E-state index contributed by atoms with van der Waals surface area (Å²) in [4.78, 5) is 14.5. The number of nitrogens with zero attached hydrogens (tertiary/aromatic N) is 1. The van der Waals surface area contributed by atoms with Crippen molar-refractivity contribution in [1.29, 1.82) is 0 Å². The molecule has 3 aromatic rings. The maximum Gasteiger partial charge on any atom is 0.214 e. The van der Waals surface area contributed by atoms with E-state index in [0.29, 0.717) is 16.8 Å². The topological polar surface area (TPSA) is 54.5 Å². The van der Waals surface area contributed by atoms with Gasteiger partial charge in [0.2, 0.25) is 15.6 Å². The fourth-order valence-electron chi connectivity index (χ4n) is 3.77. The summed E-state index contributed by atoms with van der Waals surface area (Å²) in [5.41, 5.74) is 3.94. The van der Waals surface area contributed by atoms with Crippen LogP contribution in [0.3, 0.4) is 0 Å². The first-order chi connectivity index (χ1) is 14.7. The Labute approximate surface area is 181 Å². The van der Waals surface area contributed by atoms with Crippen LogP contribution >= 0.6 is 0 Å². The molecule has 4 rings (SSSR count). The molecular weight excluding hydrogens is 413 g/mol. The van der Waals surface area contributed by atoms with Crippen LogP contribution < -0.4 is 4.90 Å². The van der Waals surface area contributed by atoms with E-state index in [0.717, 1.165) is 23.6 Å². The fraction of sp³-hybridized carbons (Fsp3) is 0.160. The maximum absolute atomic E-state index is 14.1. The van der Waals surface area contributed by atoms with E-state index < -0.39 is 21.4 Å². The van der Waals surface area contributed by atoms with Gasteiger partial charge in [0, 0.05) is 17.5 Å². The van der Waals surface area contributed by atoms with Crippen molar-refractivity contribution in [3.8, 4) is 0 Å². The lowest BCUT2D eigenvalue weighted by molar-refractivity contribution is 0.104. The van der Waals surface area contributed by atoms with Crippen molar-refractivity contribution < 1.29 is 17.6 Å². The highest BCUT2D eigenvalue weighted by Gasteiger charge is 2.36. The Bertz CT molecular complexity index is 1330. The molecule has 0 spiro atoms. The van der Waals surface area contributed by atoms with Gasteiger partial charge in [-0.05, 0) is 61.7 Å². The van der Waals surface area contributed by atoms with Gasteiger partial charge in [-0.2, -0.15) is 0 Å². The molecule has 0 N–H and O–H groups in total. The quantitative estimate of drug-likeness (QED) is 0.392. The number of sulfone groups is 1. The van der Waals surface area contributed by atoms with Crippen LogP contribution in [0.2, 0.25) is 0 Å². The van der Waals surface area contributed by atoms with E-state index in [2.05, 4.69) is 0 Å². The number of carbonyl (C=O) groups excluding carboxylic acids is 1. The molecule has 0 amide bonds. The van der Waals surface area contributed by atoms with Crippen LogP contribution in [-0.2, 0) is 16.3 Å². The lowest BCUT2D eigenvalue weighted by Gasteiger charge is -2.29. The fourth-order valence-corrected chi connectivity index (χ4v) is 5.28.